The molecule has 3 N–H and O–H groups in total. The van der Waals surface area contributed by atoms with Gasteiger partial charge in [-0.25, -0.2) is 4.68 Å². The molecule has 2 aromatic heterocycles. The van der Waals surface area contributed by atoms with Crippen LogP contribution in [0.4, 0.5) is 5.82 Å². The molecule has 3 rings (SSSR count). The van der Waals surface area contributed by atoms with E-state index in [0.717, 1.165) is 30.2 Å². The first-order valence-electron chi connectivity index (χ1n) is 5.92. The lowest BCUT2D eigenvalue weighted by molar-refractivity contribution is 0.481. The highest BCUT2D eigenvalue weighted by atomic mass is 32.1. The van der Waals surface area contributed by atoms with Gasteiger partial charge in [0.15, 0.2) is 0 Å². The molecule has 0 saturated carbocycles. The van der Waals surface area contributed by atoms with Crippen LogP contribution >= 0.6 is 11.3 Å². The Labute approximate surface area is 104 Å². The minimum Gasteiger partial charge on any atom is -0.384 e. The van der Waals surface area contributed by atoms with Gasteiger partial charge < -0.3 is 11.1 Å². The van der Waals surface area contributed by atoms with Crippen LogP contribution < -0.4 is 11.1 Å². The predicted octanol–water partition coefficient (Wildman–Crippen LogP) is 1.95. The van der Waals surface area contributed by atoms with Crippen molar-refractivity contribution in [1.82, 2.24) is 15.1 Å². The molecule has 0 aliphatic carbocycles. The summed E-state index contributed by atoms with van der Waals surface area (Å²) in [6, 6.07) is 4.55. The number of thiophene rings is 1. The van der Waals surface area contributed by atoms with E-state index in [1.54, 1.807) is 11.3 Å². The van der Waals surface area contributed by atoms with Crippen LogP contribution in [0.3, 0.4) is 0 Å². The van der Waals surface area contributed by atoms with Crippen molar-refractivity contribution in [3.8, 4) is 11.3 Å². The summed E-state index contributed by atoms with van der Waals surface area (Å²) < 4.78 is 1.91. The third kappa shape index (κ3) is 2.21. The fourth-order valence-electron chi connectivity index (χ4n) is 2.25. The number of hydrogen-bond acceptors (Lipinski definition) is 4. The Morgan fingerprint density at radius 1 is 1.59 bits per heavy atom. The maximum Gasteiger partial charge on any atom is 0.122 e. The van der Waals surface area contributed by atoms with Gasteiger partial charge in [-0.15, -0.1) is 0 Å². The molecule has 2 aromatic rings. The van der Waals surface area contributed by atoms with E-state index in [0.29, 0.717) is 6.04 Å². The topological polar surface area (TPSA) is 55.9 Å². The molecule has 1 aliphatic heterocycles. The highest BCUT2D eigenvalue weighted by Gasteiger charge is 2.16. The zero-order valence-corrected chi connectivity index (χ0v) is 10.4. The normalized spacial score (nSPS) is 19.9. The van der Waals surface area contributed by atoms with Gasteiger partial charge in [-0.05, 0) is 30.8 Å². The fraction of sp³-hybridized carbons (Fsp3) is 0.417. The van der Waals surface area contributed by atoms with Crippen molar-refractivity contribution < 1.29 is 0 Å². The summed E-state index contributed by atoms with van der Waals surface area (Å²) in [4.78, 5) is 0. The van der Waals surface area contributed by atoms with Crippen molar-refractivity contribution >= 4 is 17.2 Å². The molecule has 3 heterocycles. The van der Waals surface area contributed by atoms with Crippen LogP contribution in [0, 0.1) is 0 Å². The Hall–Kier alpha value is -1.33. The number of hydrogen-bond donors (Lipinski definition) is 2. The van der Waals surface area contributed by atoms with Crippen LogP contribution in [-0.2, 0) is 6.54 Å². The molecule has 0 aromatic carbocycles. The van der Waals surface area contributed by atoms with Crippen LogP contribution in [0.25, 0.3) is 11.3 Å². The van der Waals surface area contributed by atoms with Gasteiger partial charge in [-0.1, -0.05) is 0 Å². The van der Waals surface area contributed by atoms with Gasteiger partial charge in [0.1, 0.15) is 5.82 Å². The monoisotopic (exact) mass is 248 g/mol. The minimum atomic E-state index is 0.521. The molecule has 1 aliphatic rings. The van der Waals surface area contributed by atoms with Gasteiger partial charge in [-0.3, -0.25) is 0 Å². The summed E-state index contributed by atoms with van der Waals surface area (Å²) in [5, 5.41) is 12.2. The fourth-order valence-corrected chi connectivity index (χ4v) is 2.90. The molecule has 5 heteroatoms. The third-order valence-corrected chi connectivity index (χ3v) is 3.87. The van der Waals surface area contributed by atoms with Crippen molar-refractivity contribution in [2.24, 2.45) is 0 Å². The Kier molecular flexibility index (Phi) is 2.86. The molecule has 1 atom stereocenters. The molecule has 0 bridgehead atoms. The Bertz CT molecular complexity index is 483. The highest BCUT2D eigenvalue weighted by Crippen LogP contribution is 2.23. The quantitative estimate of drug-likeness (QED) is 0.873. The highest BCUT2D eigenvalue weighted by molar-refractivity contribution is 7.08. The van der Waals surface area contributed by atoms with Crippen molar-refractivity contribution in [2.75, 3.05) is 12.3 Å². The van der Waals surface area contributed by atoms with E-state index in [1.165, 1.54) is 12.8 Å². The third-order valence-electron chi connectivity index (χ3n) is 3.18. The van der Waals surface area contributed by atoms with Gasteiger partial charge in [0.2, 0.25) is 0 Å². The molecule has 0 amide bonds. The van der Waals surface area contributed by atoms with Crippen LogP contribution in [0.15, 0.2) is 22.9 Å². The molecule has 1 fully saturated rings. The lowest BCUT2D eigenvalue weighted by Gasteiger charge is -2.10. The Morgan fingerprint density at radius 2 is 2.53 bits per heavy atom. The van der Waals surface area contributed by atoms with Gasteiger partial charge >= 0.3 is 0 Å². The van der Waals surface area contributed by atoms with E-state index < -0.39 is 0 Å². The first-order chi connectivity index (χ1) is 8.33. The van der Waals surface area contributed by atoms with E-state index in [4.69, 9.17) is 5.73 Å². The number of nitrogens with zero attached hydrogens (tertiary/aromatic N) is 2. The summed E-state index contributed by atoms with van der Waals surface area (Å²) in [6.45, 7) is 1.99. The maximum absolute atomic E-state index is 6.00. The molecule has 4 nitrogen and oxygen atoms in total. The zero-order valence-electron chi connectivity index (χ0n) is 9.60. The molecule has 1 saturated heterocycles. The van der Waals surface area contributed by atoms with Crippen molar-refractivity contribution in [1.29, 1.82) is 0 Å². The van der Waals surface area contributed by atoms with E-state index in [-0.39, 0.29) is 0 Å². The maximum atomic E-state index is 6.00. The smallest absolute Gasteiger partial charge is 0.122 e. The van der Waals surface area contributed by atoms with Crippen LogP contribution in [0.5, 0.6) is 0 Å². The molecular weight excluding hydrogens is 232 g/mol. The average Bonchev–Trinajstić information content (AvgIpc) is 3.02. The molecule has 1 unspecified atom stereocenters. The molecule has 0 spiro atoms. The van der Waals surface area contributed by atoms with Crippen LogP contribution in [-0.4, -0.2) is 22.4 Å². The standard InChI is InChI=1S/C12H16N4S/c13-12-6-11(9-3-5-17-8-9)15-16(12)7-10-2-1-4-14-10/h3,5-6,8,10,14H,1-2,4,7,13H2. The van der Waals surface area contributed by atoms with Crippen molar-refractivity contribution in [3.63, 3.8) is 0 Å². The molecular formula is C12H16N4S. The first kappa shape index (κ1) is 10.8. The second-order valence-corrected chi connectivity index (χ2v) is 5.22. The van der Waals surface area contributed by atoms with Gasteiger partial charge in [-0.2, -0.15) is 16.4 Å². The number of nitrogens with two attached hydrogens (primary N) is 1. The van der Waals surface area contributed by atoms with Gasteiger partial charge in [0.25, 0.3) is 0 Å². The summed E-state index contributed by atoms with van der Waals surface area (Å²) in [6.07, 6.45) is 2.47. The second-order valence-electron chi connectivity index (χ2n) is 4.44. The van der Waals surface area contributed by atoms with E-state index in [1.807, 2.05) is 10.7 Å². The van der Waals surface area contributed by atoms with E-state index in [9.17, 15) is 0 Å². The van der Waals surface area contributed by atoms with Crippen molar-refractivity contribution in [3.05, 3.63) is 22.9 Å². The molecule has 17 heavy (non-hydrogen) atoms. The first-order valence-corrected chi connectivity index (χ1v) is 6.86. The lowest BCUT2D eigenvalue weighted by Crippen LogP contribution is -2.27. The largest absolute Gasteiger partial charge is 0.384 e. The Balaban J connectivity index is 1.80. The van der Waals surface area contributed by atoms with Crippen LogP contribution in [0.1, 0.15) is 12.8 Å². The predicted molar refractivity (Wildman–Crippen MR) is 71.0 cm³/mol. The number of aromatic nitrogens is 2. The number of nitrogens with one attached hydrogen (secondary N) is 1. The SMILES string of the molecule is Nc1cc(-c2ccsc2)nn1CC1CCCN1. The van der Waals surface area contributed by atoms with Crippen molar-refractivity contribution in [2.45, 2.75) is 25.4 Å². The molecule has 0 radical (unpaired) electrons. The van der Waals surface area contributed by atoms with Gasteiger partial charge in [0.05, 0.1) is 12.2 Å². The average molecular weight is 248 g/mol. The summed E-state index contributed by atoms with van der Waals surface area (Å²) >= 11 is 1.68. The van der Waals surface area contributed by atoms with Crippen LogP contribution in [0.2, 0.25) is 0 Å². The number of rotatable bonds is 3. The van der Waals surface area contributed by atoms with Gasteiger partial charge in [0, 0.05) is 23.1 Å². The second kappa shape index (κ2) is 4.50. The Morgan fingerprint density at radius 3 is 3.24 bits per heavy atom. The zero-order chi connectivity index (χ0) is 11.7. The minimum absolute atomic E-state index is 0.521. The van der Waals surface area contributed by atoms with E-state index in [2.05, 4.69) is 27.2 Å². The summed E-state index contributed by atoms with van der Waals surface area (Å²) in [5.74, 6) is 0.750. The summed E-state index contributed by atoms with van der Waals surface area (Å²) in [7, 11) is 0. The number of anilines is 1. The lowest BCUT2D eigenvalue weighted by atomic mass is 10.2. The molecule has 90 valence electrons. The van der Waals surface area contributed by atoms with E-state index >= 15 is 0 Å². The summed E-state index contributed by atoms with van der Waals surface area (Å²) in [5.41, 5.74) is 8.13. The number of nitrogen functional groups attached to an aromatic ring is 1.